The molecular formula is C15H7Cl2F3N2O2. The molecule has 0 atom stereocenters. The molecule has 1 amide bonds. The lowest BCUT2D eigenvalue weighted by Crippen LogP contribution is -2.29. The summed E-state index contributed by atoms with van der Waals surface area (Å²) >= 11 is 11.8. The third-order valence-corrected chi connectivity index (χ3v) is 3.81. The van der Waals surface area contributed by atoms with Crippen molar-refractivity contribution in [3.8, 4) is 11.5 Å². The summed E-state index contributed by atoms with van der Waals surface area (Å²) in [7, 11) is 0. The predicted molar refractivity (Wildman–Crippen MR) is 84.1 cm³/mol. The SMILES string of the molecule is O=C(Nc1ccc2nc(-c3ccc(Cl)c(Cl)c3)oc2c1)C(F)(F)F. The van der Waals surface area contributed by atoms with E-state index in [9.17, 15) is 18.0 Å². The molecule has 0 aliphatic rings. The van der Waals surface area contributed by atoms with Crippen LogP contribution < -0.4 is 5.32 Å². The zero-order valence-electron chi connectivity index (χ0n) is 11.6. The summed E-state index contributed by atoms with van der Waals surface area (Å²) in [6, 6.07) is 8.77. The fourth-order valence-corrected chi connectivity index (χ4v) is 2.26. The van der Waals surface area contributed by atoms with Gasteiger partial charge in [0.25, 0.3) is 0 Å². The first-order valence-corrected chi connectivity index (χ1v) is 7.24. The van der Waals surface area contributed by atoms with E-state index >= 15 is 0 Å². The fraction of sp³-hybridized carbons (Fsp3) is 0.0667. The van der Waals surface area contributed by atoms with Gasteiger partial charge in [-0.3, -0.25) is 4.79 Å². The molecule has 124 valence electrons. The van der Waals surface area contributed by atoms with E-state index in [0.717, 1.165) is 0 Å². The number of nitrogens with zero attached hydrogens (tertiary/aromatic N) is 1. The van der Waals surface area contributed by atoms with Crippen molar-refractivity contribution >= 4 is 45.9 Å². The molecule has 0 saturated heterocycles. The molecule has 2 aromatic carbocycles. The predicted octanol–water partition coefficient (Wildman–Crippen LogP) is 5.30. The van der Waals surface area contributed by atoms with Gasteiger partial charge in [0.05, 0.1) is 10.0 Å². The van der Waals surface area contributed by atoms with Gasteiger partial charge in [-0.15, -0.1) is 0 Å². The molecule has 0 radical (unpaired) electrons. The highest BCUT2D eigenvalue weighted by atomic mass is 35.5. The van der Waals surface area contributed by atoms with Gasteiger partial charge in [0, 0.05) is 17.3 Å². The topological polar surface area (TPSA) is 55.1 Å². The van der Waals surface area contributed by atoms with Crippen molar-refractivity contribution in [2.75, 3.05) is 5.32 Å². The van der Waals surface area contributed by atoms with Crippen LogP contribution in [0, 0.1) is 0 Å². The third-order valence-electron chi connectivity index (χ3n) is 3.07. The Morgan fingerprint density at radius 2 is 1.83 bits per heavy atom. The van der Waals surface area contributed by atoms with Gasteiger partial charge < -0.3 is 9.73 Å². The molecule has 0 spiro atoms. The highest BCUT2D eigenvalue weighted by Crippen LogP contribution is 2.31. The number of aromatic nitrogens is 1. The molecule has 1 heterocycles. The van der Waals surface area contributed by atoms with E-state index in [2.05, 4.69) is 4.98 Å². The fourth-order valence-electron chi connectivity index (χ4n) is 1.96. The third kappa shape index (κ3) is 3.32. The summed E-state index contributed by atoms with van der Waals surface area (Å²) in [5.41, 5.74) is 1.14. The second-order valence-electron chi connectivity index (χ2n) is 4.78. The summed E-state index contributed by atoms with van der Waals surface area (Å²) in [6.07, 6.45) is -4.97. The average molecular weight is 375 g/mol. The van der Waals surface area contributed by atoms with Crippen LogP contribution in [-0.4, -0.2) is 17.1 Å². The van der Waals surface area contributed by atoms with Crippen LogP contribution in [0.2, 0.25) is 10.0 Å². The highest BCUT2D eigenvalue weighted by Gasteiger charge is 2.38. The summed E-state index contributed by atoms with van der Waals surface area (Å²) in [4.78, 5) is 15.2. The maximum Gasteiger partial charge on any atom is 0.471 e. The summed E-state index contributed by atoms with van der Waals surface area (Å²) in [5, 5.41) is 2.43. The Hall–Kier alpha value is -2.25. The van der Waals surface area contributed by atoms with E-state index in [4.69, 9.17) is 27.6 Å². The largest absolute Gasteiger partial charge is 0.471 e. The van der Waals surface area contributed by atoms with Gasteiger partial charge in [0.15, 0.2) is 5.58 Å². The van der Waals surface area contributed by atoms with Crippen molar-refractivity contribution in [1.29, 1.82) is 0 Å². The zero-order valence-corrected chi connectivity index (χ0v) is 13.1. The molecule has 1 aromatic heterocycles. The van der Waals surface area contributed by atoms with Crippen LogP contribution in [-0.2, 0) is 4.79 Å². The maximum atomic E-state index is 12.3. The average Bonchev–Trinajstić information content (AvgIpc) is 2.92. The number of carbonyl (C=O) groups excluding carboxylic acids is 1. The number of carbonyl (C=O) groups is 1. The monoisotopic (exact) mass is 374 g/mol. The van der Waals surface area contributed by atoms with Crippen molar-refractivity contribution in [3.63, 3.8) is 0 Å². The number of rotatable bonds is 2. The Labute approximate surface area is 143 Å². The first-order valence-electron chi connectivity index (χ1n) is 6.48. The second kappa shape index (κ2) is 5.99. The van der Waals surface area contributed by atoms with Crippen molar-refractivity contribution in [3.05, 3.63) is 46.4 Å². The molecule has 0 bridgehead atoms. The molecule has 24 heavy (non-hydrogen) atoms. The Balaban J connectivity index is 1.94. The minimum absolute atomic E-state index is 0.0540. The summed E-state index contributed by atoms with van der Waals surface area (Å²) in [5.74, 6) is -1.84. The quantitative estimate of drug-likeness (QED) is 0.661. The smallest absolute Gasteiger partial charge is 0.436 e. The normalized spacial score (nSPS) is 11.7. The first kappa shape index (κ1) is 16.6. The summed E-state index contributed by atoms with van der Waals surface area (Å²) < 4.78 is 42.3. The molecule has 4 nitrogen and oxygen atoms in total. The van der Waals surface area contributed by atoms with E-state index in [1.165, 1.54) is 18.2 Å². The number of hydrogen-bond acceptors (Lipinski definition) is 3. The molecule has 9 heteroatoms. The number of fused-ring (bicyclic) bond motifs is 1. The highest BCUT2D eigenvalue weighted by molar-refractivity contribution is 6.42. The molecule has 0 aliphatic heterocycles. The van der Waals surface area contributed by atoms with E-state index in [1.807, 2.05) is 0 Å². The summed E-state index contributed by atoms with van der Waals surface area (Å²) in [6.45, 7) is 0. The number of benzene rings is 2. The maximum absolute atomic E-state index is 12.3. The van der Waals surface area contributed by atoms with E-state index in [0.29, 0.717) is 21.1 Å². The van der Waals surface area contributed by atoms with E-state index in [1.54, 1.807) is 23.5 Å². The van der Waals surface area contributed by atoms with Crippen LogP contribution in [0.3, 0.4) is 0 Å². The van der Waals surface area contributed by atoms with Crippen molar-refractivity contribution < 1.29 is 22.4 Å². The molecule has 3 rings (SSSR count). The lowest BCUT2D eigenvalue weighted by Gasteiger charge is -2.07. The molecule has 3 aromatic rings. The number of alkyl halides is 3. The minimum atomic E-state index is -4.97. The number of oxazole rings is 1. The zero-order chi connectivity index (χ0) is 17.5. The molecule has 0 saturated carbocycles. The van der Waals surface area contributed by atoms with Gasteiger partial charge in [-0.25, -0.2) is 4.98 Å². The van der Waals surface area contributed by atoms with Gasteiger partial charge in [0.1, 0.15) is 5.52 Å². The van der Waals surface area contributed by atoms with Crippen LogP contribution in [0.1, 0.15) is 0 Å². The standard InChI is InChI=1S/C15H7Cl2F3N2O2/c16-9-3-1-7(5-10(9)17)13-22-11-4-2-8(6-12(11)24-13)21-14(23)15(18,19)20/h1-6H,(H,21,23). The van der Waals surface area contributed by atoms with Crippen molar-refractivity contribution in [2.24, 2.45) is 0 Å². The number of amides is 1. The van der Waals surface area contributed by atoms with Crippen molar-refractivity contribution in [2.45, 2.75) is 6.18 Å². The molecule has 0 fully saturated rings. The van der Waals surface area contributed by atoms with Gasteiger partial charge in [-0.05, 0) is 30.3 Å². The Bertz CT molecular complexity index is 938. The van der Waals surface area contributed by atoms with E-state index < -0.39 is 12.1 Å². The van der Waals surface area contributed by atoms with Crippen molar-refractivity contribution in [1.82, 2.24) is 4.98 Å². The number of nitrogens with one attached hydrogen (secondary N) is 1. The van der Waals surface area contributed by atoms with E-state index in [-0.39, 0.29) is 17.2 Å². The molecule has 0 unspecified atom stereocenters. The van der Waals surface area contributed by atoms with Gasteiger partial charge in [-0.2, -0.15) is 13.2 Å². The molecule has 1 N–H and O–H groups in total. The van der Waals surface area contributed by atoms with Crippen LogP contribution in [0.15, 0.2) is 40.8 Å². The Kier molecular flexibility index (Phi) is 4.15. The molecule has 0 aliphatic carbocycles. The minimum Gasteiger partial charge on any atom is -0.436 e. The van der Waals surface area contributed by atoms with Crippen LogP contribution in [0.5, 0.6) is 0 Å². The van der Waals surface area contributed by atoms with Crippen LogP contribution >= 0.6 is 23.2 Å². The number of hydrogen-bond donors (Lipinski definition) is 1. The number of anilines is 1. The first-order chi connectivity index (χ1) is 11.2. The van der Waals surface area contributed by atoms with Gasteiger partial charge >= 0.3 is 12.1 Å². The van der Waals surface area contributed by atoms with Gasteiger partial charge in [-0.1, -0.05) is 23.2 Å². The molecular weight excluding hydrogens is 368 g/mol. The Morgan fingerprint density at radius 3 is 2.50 bits per heavy atom. The van der Waals surface area contributed by atoms with Crippen LogP contribution in [0.4, 0.5) is 18.9 Å². The lowest BCUT2D eigenvalue weighted by atomic mass is 10.2. The lowest BCUT2D eigenvalue weighted by molar-refractivity contribution is -0.167. The number of halogens is 5. The van der Waals surface area contributed by atoms with Crippen LogP contribution in [0.25, 0.3) is 22.6 Å². The van der Waals surface area contributed by atoms with Gasteiger partial charge in [0.2, 0.25) is 5.89 Å². The second-order valence-corrected chi connectivity index (χ2v) is 5.60. The Morgan fingerprint density at radius 1 is 1.08 bits per heavy atom.